The Morgan fingerprint density at radius 2 is 2.00 bits per heavy atom. The highest BCUT2D eigenvalue weighted by molar-refractivity contribution is 5.76. The summed E-state index contributed by atoms with van der Waals surface area (Å²) in [5.74, 6) is 0.796. The summed E-state index contributed by atoms with van der Waals surface area (Å²) in [4.78, 5) is 24.6. The van der Waals surface area contributed by atoms with E-state index in [1.54, 1.807) is 18.5 Å². The first-order valence-electron chi connectivity index (χ1n) is 7.36. The average molecular weight is 294 g/mol. The molecule has 2 heterocycles. The highest BCUT2D eigenvalue weighted by Crippen LogP contribution is 2.22. The summed E-state index contributed by atoms with van der Waals surface area (Å²) in [7, 11) is 0. The van der Waals surface area contributed by atoms with Crippen LogP contribution in [0.15, 0.2) is 0 Å². The van der Waals surface area contributed by atoms with Crippen molar-refractivity contribution in [3.63, 3.8) is 0 Å². The molecular formula is C14H22N4O3. The van der Waals surface area contributed by atoms with Gasteiger partial charge in [-0.25, -0.2) is 0 Å². The lowest BCUT2D eigenvalue weighted by Crippen LogP contribution is -2.38. The summed E-state index contributed by atoms with van der Waals surface area (Å²) >= 11 is 0. The second kappa shape index (κ2) is 6.24. The maximum atomic E-state index is 12.2. The number of hydrogen-bond donors (Lipinski definition) is 0. The zero-order chi connectivity index (χ0) is 15.6. The third kappa shape index (κ3) is 3.40. The number of likely N-dealkylation sites (tertiary alicyclic amines) is 1. The van der Waals surface area contributed by atoms with Gasteiger partial charge in [-0.1, -0.05) is 6.92 Å². The Labute approximate surface area is 124 Å². The third-order valence-corrected chi connectivity index (χ3v) is 4.20. The lowest BCUT2D eigenvalue weighted by atomic mass is 9.99. The number of piperidine rings is 1. The first-order valence-corrected chi connectivity index (χ1v) is 7.36. The molecule has 116 valence electrons. The first kappa shape index (κ1) is 15.5. The number of aryl methyl sites for hydroxylation is 2. The molecule has 1 aromatic rings. The van der Waals surface area contributed by atoms with Crippen molar-refractivity contribution < 1.29 is 9.72 Å². The highest BCUT2D eigenvalue weighted by Gasteiger charge is 2.23. The van der Waals surface area contributed by atoms with Crippen molar-refractivity contribution in [1.82, 2.24) is 14.7 Å². The predicted molar refractivity (Wildman–Crippen MR) is 78.0 cm³/mol. The van der Waals surface area contributed by atoms with Gasteiger partial charge in [0.15, 0.2) is 0 Å². The fourth-order valence-corrected chi connectivity index (χ4v) is 2.79. The van der Waals surface area contributed by atoms with Crippen LogP contribution in [0.4, 0.5) is 5.69 Å². The highest BCUT2D eigenvalue weighted by atomic mass is 16.6. The quantitative estimate of drug-likeness (QED) is 0.628. The summed E-state index contributed by atoms with van der Waals surface area (Å²) in [6.07, 6.45) is 2.45. The van der Waals surface area contributed by atoms with Gasteiger partial charge in [0, 0.05) is 19.5 Å². The van der Waals surface area contributed by atoms with Gasteiger partial charge in [0.2, 0.25) is 5.91 Å². The zero-order valence-electron chi connectivity index (χ0n) is 12.8. The molecule has 0 aliphatic carbocycles. The van der Waals surface area contributed by atoms with Gasteiger partial charge in [-0.3, -0.25) is 19.6 Å². The Morgan fingerprint density at radius 3 is 2.52 bits per heavy atom. The number of nitro groups is 1. The maximum absolute atomic E-state index is 12.2. The Kier molecular flexibility index (Phi) is 4.59. The number of hydrogen-bond acceptors (Lipinski definition) is 4. The number of aromatic nitrogens is 2. The van der Waals surface area contributed by atoms with E-state index in [4.69, 9.17) is 0 Å². The van der Waals surface area contributed by atoms with Crippen LogP contribution in [0.25, 0.3) is 0 Å². The van der Waals surface area contributed by atoms with Crippen LogP contribution in [0, 0.1) is 29.9 Å². The Bertz CT molecular complexity index is 545. The number of carbonyl (C=O) groups is 1. The summed E-state index contributed by atoms with van der Waals surface area (Å²) in [5, 5.41) is 15.1. The molecule has 1 amide bonds. The molecule has 0 bridgehead atoms. The summed E-state index contributed by atoms with van der Waals surface area (Å²) in [6.45, 7) is 7.53. The van der Waals surface area contributed by atoms with E-state index in [1.165, 1.54) is 0 Å². The van der Waals surface area contributed by atoms with E-state index >= 15 is 0 Å². The van der Waals surface area contributed by atoms with Crippen LogP contribution in [0.1, 0.15) is 37.6 Å². The van der Waals surface area contributed by atoms with Crippen molar-refractivity contribution in [2.75, 3.05) is 13.1 Å². The van der Waals surface area contributed by atoms with E-state index in [2.05, 4.69) is 12.0 Å². The van der Waals surface area contributed by atoms with Crippen molar-refractivity contribution in [3.05, 3.63) is 21.5 Å². The van der Waals surface area contributed by atoms with Crippen molar-refractivity contribution in [2.24, 2.45) is 5.92 Å². The molecule has 7 heteroatoms. The van der Waals surface area contributed by atoms with Crippen LogP contribution in [-0.2, 0) is 11.3 Å². The number of rotatable bonds is 4. The molecule has 1 fully saturated rings. The van der Waals surface area contributed by atoms with E-state index in [0.717, 1.165) is 25.9 Å². The summed E-state index contributed by atoms with van der Waals surface area (Å²) in [5.41, 5.74) is 0.962. The number of carbonyl (C=O) groups excluding carboxylic acids is 1. The van der Waals surface area contributed by atoms with E-state index in [0.29, 0.717) is 30.3 Å². The van der Waals surface area contributed by atoms with Crippen molar-refractivity contribution in [3.8, 4) is 0 Å². The van der Waals surface area contributed by atoms with Crippen LogP contribution in [0.2, 0.25) is 0 Å². The third-order valence-electron chi connectivity index (χ3n) is 4.20. The first-order chi connectivity index (χ1) is 9.90. The second-order valence-electron chi connectivity index (χ2n) is 5.81. The van der Waals surface area contributed by atoms with E-state index in [-0.39, 0.29) is 11.6 Å². The molecule has 0 saturated carbocycles. The Balaban J connectivity index is 1.96. The van der Waals surface area contributed by atoms with Crippen LogP contribution >= 0.6 is 0 Å². The topological polar surface area (TPSA) is 81.3 Å². The van der Waals surface area contributed by atoms with Gasteiger partial charge in [0.1, 0.15) is 11.4 Å². The minimum absolute atomic E-state index is 0.0502. The van der Waals surface area contributed by atoms with E-state index < -0.39 is 4.92 Å². The molecule has 1 saturated heterocycles. The monoisotopic (exact) mass is 294 g/mol. The van der Waals surface area contributed by atoms with Gasteiger partial charge in [-0.05, 0) is 32.6 Å². The van der Waals surface area contributed by atoms with Gasteiger partial charge in [0.25, 0.3) is 0 Å². The number of amides is 1. The molecule has 0 aromatic carbocycles. The van der Waals surface area contributed by atoms with Gasteiger partial charge < -0.3 is 4.90 Å². The van der Waals surface area contributed by atoms with Crippen LogP contribution in [0.5, 0.6) is 0 Å². The smallest absolute Gasteiger partial charge is 0.312 e. The van der Waals surface area contributed by atoms with Crippen LogP contribution in [-0.4, -0.2) is 38.6 Å². The Hall–Kier alpha value is -1.92. The summed E-state index contributed by atoms with van der Waals surface area (Å²) < 4.78 is 1.57. The lowest BCUT2D eigenvalue weighted by Gasteiger charge is -2.30. The molecule has 1 aliphatic heterocycles. The largest absolute Gasteiger partial charge is 0.343 e. The van der Waals surface area contributed by atoms with Gasteiger partial charge >= 0.3 is 5.69 Å². The molecule has 0 N–H and O–H groups in total. The van der Waals surface area contributed by atoms with Crippen molar-refractivity contribution in [2.45, 2.75) is 46.6 Å². The molecule has 1 aromatic heterocycles. The molecule has 0 atom stereocenters. The van der Waals surface area contributed by atoms with Gasteiger partial charge in [-0.15, -0.1) is 0 Å². The molecular weight excluding hydrogens is 272 g/mol. The second-order valence-corrected chi connectivity index (χ2v) is 5.81. The maximum Gasteiger partial charge on any atom is 0.312 e. The molecule has 7 nitrogen and oxygen atoms in total. The fraction of sp³-hybridized carbons (Fsp3) is 0.714. The SMILES string of the molecule is Cc1nn(CCC(=O)N2CCC(C)CC2)c(C)c1[N+](=O)[O-]. The molecule has 21 heavy (non-hydrogen) atoms. The van der Waals surface area contributed by atoms with Crippen molar-refractivity contribution >= 4 is 11.6 Å². The molecule has 0 radical (unpaired) electrons. The van der Waals surface area contributed by atoms with Crippen LogP contribution in [0.3, 0.4) is 0 Å². The fourth-order valence-electron chi connectivity index (χ4n) is 2.79. The molecule has 0 unspecified atom stereocenters. The Morgan fingerprint density at radius 1 is 1.38 bits per heavy atom. The normalized spacial score (nSPS) is 16.2. The standard InChI is InChI=1S/C14H22N4O3/c1-10-4-7-16(8-5-10)13(19)6-9-17-12(3)14(18(20)21)11(2)15-17/h10H,4-9H2,1-3H3. The number of nitrogens with zero attached hydrogens (tertiary/aromatic N) is 4. The molecule has 0 spiro atoms. The molecule has 2 rings (SSSR count). The van der Waals surface area contributed by atoms with Gasteiger partial charge in [-0.2, -0.15) is 5.10 Å². The van der Waals surface area contributed by atoms with E-state index in [9.17, 15) is 14.9 Å². The minimum atomic E-state index is -0.415. The zero-order valence-corrected chi connectivity index (χ0v) is 12.8. The minimum Gasteiger partial charge on any atom is -0.343 e. The van der Waals surface area contributed by atoms with Crippen LogP contribution < -0.4 is 0 Å². The summed E-state index contributed by atoms with van der Waals surface area (Å²) in [6, 6.07) is 0. The average Bonchev–Trinajstić information content (AvgIpc) is 2.71. The molecule has 1 aliphatic rings. The van der Waals surface area contributed by atoms with E-state index in [1.807, 2.05) is 4.90 Å². The van der Waals surface area contributed by atoms with Gasteiger partial charge in [0.05, 0.1) is 11.5 Å². The lowest BCUT2D eigenvalue weighted by molar-refractivity contribution is -0.386. The van der Waals surface area contributed by atoms with Crippen molar-refractivity contribution in [1.29, 1.82) is 0 Å². The predicted octanol–water partition coefficient (Wildman–Crippen LogP) is 2.06.